The predicted molar refractivity (Wildman–Crippen MR) is 64.1 cm³/mol. The Morgan fingerprint density at radius 1 is 0.941 bits per heavy atom. The van der Waals surface area contributed by atoms with E-state index in [0.29, 0.717) is 11.1 Å². The standard InChI is InChI=1S/C14H11NO2/c1-10-4-6-11(7-5-10)13(16)14(17)12-3-2-8-15-9-12/h2-9H,1H3. The van der Waals surface area contributed by atoms with Gasteiger partial charge < -0.3 is 0 Å². The molecular weight excluding hydrogens is 214 g/mol. The van der Waals surface area contributed by atoms with E-state index in [-0.39, 0.29) is 0 Å². The van der Waals surface area contributed by atoms with Crippen molar-refractivity contribution in [2.75, 3.05) is 0 Å². The zero-order chi connectivity index (χ0) is 12.3. The van der Waals surface area contributed by atoms with Gasteiger partial charge in [-0.2, -0.15) is 0 Å². The zero-order valence-electron chi connectivity index (χ0n) is 9.38. The summed E-state index contributed by atoms with van der Waals surface area (Å²) < 4.78 is 0. The van der Waals surface area contributed by atoms with E-state index in [9.17, 15) is 9.59 Å². The summed E-state index contributed by atoms with van der Waals surface area (Å²) in [6.07, 6.45) is 2.96. The maximum Gasteiger partial charge on any atom is 0.235 e. The van der Waals surface area contributed by atoms with Crippen molar-refractivity contribution < 1.29 is 9.59 Å². The number of aromatic nitrogens is 1. The van der Waals surface area contributed by atoms with Crippen LogP contribution >= 0.6 is 0 Å². The van der Waals surface area contributed by atoms with Gasteiger partial charge in [-0.15, -0.1) is 0 Å². The Morgan fingerprint density at radius 3 is 2.18 bits per heavy atom. The maximum atomic E-state index is 11.9. The summed E-state index contributed by atoms with van der Waals surface area (Å²) in [5.41, 5.74) is 1.78. The van der Waals surface area contributed by atoms with Gasteiger partial charge in [0.2, 0.25) is 11.6 Å². The first kappa shape index (κ1) is 11.2. The number of aryl methyl sites for hydroxylation is 1. The summed E-state index contributed by atoms with van der Waals surface area (Å²) in [5, 5.41) is 0. The quantitative estimate of drug-likeness (QED) is 0.595. The number of ketones is 2. The largest absolute Gasteiger partial charge is 0.285 e. The lowest BCUT2D eigenvalue weighted by molar-refractivity contribution is 0.0816. The number of pyridine rings is 1. The molecule has 0 fully saturated rings. The van der Waals surface area contributed by atoms with Crippen molar-refractivity contribution in [2.24, 2.45) is 0 Å². The van der Waals surface area contributed by atoms with E-state index >= 15 is 0 Å². The van der Waals surface area contributed by atoms with Crippen LogP contribution < -0.4 is 0 Å². The molecule has 0 saturated carbocycles. The van der Waals surface area contributed by atoms with Crippen LogP contribution in [0.4, 0.5) is 0 Å². The molecular formula is C14H11NO2. The molecule has 0 radical (unpaired) electrons. The van der Waals surface area contributed by atoms with Crippen LogP contribution in [0, 0.1) is 6.92 Å². The van der Waals surface area contributed by atoms with E-state index in [1.54, 1.807) is 30.5 Å². The molecule has 0 saturated heterocycles. The van der Waals surface area contributed by atoms with Gasteiger partial charge in [0, 0.05) is 23.5 Å². The summed E-state index contributed by atoms with van der Waals surface area (Å²) in [4.78, 5) is 27.5. The second kappa shape index (κ2) is 4.70. The van der Waals surface area contributed by atoms with Gasteiger partial charge in [-0.1, -0.05) is 29.8 Å². The van der Waals surface area contributed by atoms with Gasteiger partial charge in [0.15, 0.2) is 0 Å². The van der Waals surface area contributed by atoms with E-state index in [4.69, 9.17) is 0 Å². The van der Waals surface area contributed by atoms with Crippen molar-refractivity contribution in [3.8, 4) is 0 Å². The topological polar surface area (TPSA) is 47.0 Å². The van der Waals surface area contributed by atoms with Crippen LogP contribution in [0.3, 0.4) is 0 Å². The lowest BCUT2D eigenvalue weighted by Crippen LogP contribution is -2.14. The van der Waals surface area contributed by atoms with Crippen LogP contribution in [0.15, 0.2) is 48.8 Å². The van der Waals surface area contributed by atoms with E-state index < -0.39 is 11.6 Å². The van der Waals surface area contributed by atoms with Crippen LogP contribution in [-0.4, -0.2) is 16.6 Å². The zero-order valence-corrected chi connectivity index (χ0v) is 9.38. The highest BCUT2D eigenvalue weighted by molar-refractivity contribution is 6.49. The highest BCUT2D eigenvalue weighted by Crippen LogP contribution is 2.08. The van der Waals surface area contributed by atoms with Crippen molar-refractivity contribution in [3.63, 3.8) is 0 Å². The Labute approximate surface area is 99.1 Å². The summed E-state index contributed by atoms with van der Waals surface area (Å²) in [7, 11) is 0. The van der Waals surface area contributed by atoms with Crippen molar-refractivity contribution in [1.29, 1.82) is 0 Å². The third kappa shape index (κ3) is 2.45. The molecule has 0 aliphatic rings. The SMILES string of the molecule is Cc1ccc(C(=O)C(=O)c2cccnc2)cc1. The molecule has 1 aromatic carbocycles. The summed E-state index contributed by atoms with van der Waals surface area (Å²) in [6.45, 7) is 1.93. The molecule has 0 amide bonds. The fraction of sp³-hybridized carbons (Fsp3) is 0.0714. The summed E-state index contributed by atoms with van der Waals surface area (Å²) in [6, 6.07) is 10.2. The molecule has 2 aromatic rings. The fourth-order valence-corrected chi connectivity index (χ4v) is 1.46. The minimum atomic E-state index is -0.526. The number of rotatable bonds is 3. The Morgan fingerprint density at radius 2 is 1.59 bits per heavy atom. The van der Waals surface area contributed by atoms with Crippen LogP contribution in [0.25, 0.3) is 0 Å². The second-order valence-corrected chi connectivity index (χ2v) is 3.77. The first-order chi connectivity index (χ1) is 8.18. The molecule has 0 N–H and O–H groups in total. The number of Topliss-reactive ketones (excluding diaryl/α,β-unsaturated/α-hetero) is 2. The number of benzene rings is 1. The number of hydrogen-bond acceptors (Lipinski definition) is 3. The van der Waals surface area contributed by atoms with Gasteiger partial charge >= 0.3 is 0 Å². The Bertz CT molecular complexity index is 544. The van der Waals surface area contributed by atoms with Crippen molar-refractivity contribution >= 4 is 11.6 Å². The molecule has 84 valence electrons. The van der Waals surface area contributed by atoms with Gasteiger partial charge in [-0.25, -0.2) is 0 Å². The number of nitrogens with zero attached hydrogens (tertiary/aromatic N) is 1. The van der Waals surface area contributed by atoms with Crippen LogP contribution in [0.2, 0.25) is 0 Å². The first-order valence-electron chi connectivity index (χ1n) is 5.24. The van der Waals surface area contributed by atoms with E-state index in [1.165, 1.54) is 6.20 Å². The highest BCUT2D eigenvalue weighted by atomic mass is 16.2. The Hall–Kier alpha value is -2.29. The molecule has 0 aliphatic carbocycles. The Balaban J connectivity index is 2.27. The molecule has 1 aromatic heterocycles. The van der Waals surface area contributed by atoms with Gasteiger partial charge in [0.1, 0.15) is 0 Å². The van der Waals surface area contributed by atoms with E-state index in [1.807, 2.05) is 19.1 Å². The molecule has 3 nitrogen and oxygen atoms in total. The number of carbonyl (C=O) groups is 2. The van der Waals surface area contributed by atoms with Crippen LogP contribution in [0.5, 0.6) is 0 Å². The number of carbonyl (C=O) groups excluding carboxylic acids is 2. The van der Waals surface area contributed by atoms with Gasteiger partial charge in [0.25, 0.3) is 0 Å². The van der Waals surface area contributed by atoms with Crippen molar-refractivity contribution in [3.05, 3.63) is 65.5 Å². The molecule has 17 heavy (non-hydrogen) atoms. The minimum Gasteiger partial charge on any atom is -0.285 e. The van der Waals surface area contributed by atoms with E-state index in [2.05, 4.69) is 4.98 Å². The lowest BCUT2D eigenvalue weighted by Gasteiger charge is -2.00. The Kier molecular flexibility index (Phi) is 3.10. The molecule has 0 spiro atoms. The predicted octanol–water partition coefficient (Wildman–Crippen LogP) is 2.46. The number of hydrogen-bond donors (Lipinski definition) is 0. The van der Waals surface area contributed by atoms with Crippen molar-refractivity contribution in [1.82, 2.24) is 4.98 Å². The normalized spacial score (nSPS) is 9.94. The third-order valence-corrected chi connectivity index (χ3v) is 2.44. The van der Waals surface area contributed by atoms with Gasteiger partial charge in [0.05, 0.1) is 0 Å². The van der Waals surface area contributed by atoms with Crippen LogP contribution in [0.1, 0.15) is 26.3 Å². The molecule has 2 rings (SSSR count). The molecule has 0 unspecified atom stereocenters. The van der Waals surface area contributed by atoms with Gasteiger partial charge in [-0.05, 0) is 19.1 Å². The molecule has 0 aliphatic heterocycles. The van der Waals surface area contributed by atoms with Crippen LogP contribution in [-0.2, 0) is 0 Å². The molecule has 3 heteroatoms. The molecule has 0 atom stereocenters. The third-order valence-electron chi connectivity index (χ3n) is 2.44. The smallest absolute Gasteiger partial charge is 0.235 e. The maximum absolute atomic E-state index is 11.9. The van der Waals surface area contributed by atoms with Gasteiger partial charge in [-0.3, -0.25) is 14.6 Å². The molecule has 1 heterocycles. The monoisotopic (exact) mass is 225 g/mol. The van der Waals surface area contributed by atoms with E-state index in [0.717, 1.165) is 5.56 Å². The highest BCUT2D eigenvalue weighted by Gasteiger charge is 2.17. The first-order valence-corrected chi connectivity index (χ1v) is 5.24. The summed E-state index contributed by atoms with van der Waals surface area (Å²) >= 11 is 0. The average Bonchev–Trinajstić information content (AvgIpc) is 2.39. The summed E-state index contributed by atoms with van der Waals surface area (Å²) in [5.74, 6) is -1.03. The second-order valence-electron chi connectivity index (χ2n) is 3.77. The average molecular weight is 225 g/mol. The lowest BCUT2D eigenvalue weighted by atomic mass is 10.0. The minimum absolute atomic E-state index is 0.318. The van der Waals surface area contributed by atoms with Crippen molar-refractivity contribution in [2.45, 2.75) is 6.92 Å². The fourth-order valence-electron chi connectivity index (χ4n) is 1.46. The molecule has 0 bridgehead atoms.